The highest BCUT2D eigenvalue weighted by molar-refractivity contribution is 4.83. The Morgan fingerprint density at radius 3 is 2.44 bits per heavy atom. The molecule has 1 aliphatic heterocycles. The van der Waals surface area contributed by atoms with Gasteiger partial charge in [-0.25, -0.2) is 0 Å². The molecule has 6 heteroatoms. The van der Waals surface area contributed by atoms with E-state index in [4.69, 9.17) is 14.7 Å². The Morgan fingerprint density at radius 2 is 2.00 bits per heavy atom. The number of hydrogen-bond donors (Lipinski definition) is 3. The molecule has 0 aromatic heterocycles. The Bertz CT molecular complexity index is 213. The minimum Gasteiger partial charge on any atom is -0.394 e. The Balaban J connectivity index is 2.71. The number of hydroxylamine groups is 2. The van der Waals surface area contributed by atoms with Crippen molar-refractivity contribution in [2.45, 2.75) is 50.8 Å². The first kappa shape index (κ1) is 13.8. The second kappa shape index (κ2) is 5.90. The molecule has 2 unspecified atom stereocenters. The quantitative estimate of drug-likeness (QED) is 0.547. The van der Waals surface area contributed by atoms with Gasteiger partial charge in [-0.3, -0.25) is 4.84 Å². The molecule has 6 nitrogen and oxygen atoms in total. The average molecular weight is 235 g/mol. The zero-order valence-corrected chi connectivity index (χ0v) is 9.91. The van der Waals surface area contributed by atoms with Crippen molar-refractivity contribution in [3.05, 3.63) is 0 Å². The van der Waals surface area contributed by atoms with Crippen molar-refractivity contribution in [3.63, 3.8) is 0 Å². The van der Waals surface area contributed by atoms with Crippen molar-refractivity contribution in [3.8, 4) is 0 Å². The highest BCUT2D eigenvalue weighted by atomic mass is 16.7. The molecule has 3 N–H and O–H groups in total. The van der Waals surface area contributed by atoms with E-state index >= 15 is 0 Å². The summed E-state index contributed by atoms with van der Waals surface area (Å²) in [5.74, 6) is 0. The average Bonchev–Trinajstić information content (AvgIpc) is 2.21. The molecule has 0 aliphatic carbocycles. The predicted octanol–water partition coefficient (Wildman–Crippen LogP) is -0.913. The lowest BCUT2D eigenvalue weighted by Crippen LogP contribution is -2.57. The summed E-state index contributed by atoms with van der Waals surface area (Å²) in [4.78, 5) is 5.13. The highest BCUT2D eigenvalue weighted by Crippen LogP contribution is 2.24. The van der Waals surface area contributed by atoms with Crippen molar-refractivity contribution >= 4 is 0 Å². The largest absolute Gasteiger partial charge is 0.394 e. The molecule has 4 atom stereocenters. The van der Waals surface area contributed by atoms with Gasteiger partial charge in [0.2, 0.25) is 0 Å². The van der Waals surface area contributed by atoms with Crippen LogP contribution in [-0.4, -0.2) is 64.7 Å². The molecule has 1 saturated heterocycles. The molecule has 0 saturated carbocycles. The van der Waals surface area contributed by atoms with Crippen LogP contribution in [0.5, 0.6) is 0 Å². The first-order valence-corrected chi connectivity index (χ1v) is 5.46. The fourth-order valence-electron chi connectivity index (χ4n) is 1.88. The monoisotopic (exact) mass is 235 g/mol. The van der Waals surface area contributed by atoms with Crippen LogP contribution in [-0.2, 0) is 9.57 Å². The molecule has 1 fully saturated rings. The van der Waals surface area contributed by atoms with Crippen molar-refractivity contribution in [2.75, 3.05) is 13.7 Å². The topological polar surface area (TPSA) is 82.4 Å². The first-order chi connectivity index (χ1) is 7.51. The molecule has 16 heavy (non-hydrogen) atoms. The standard InChI is InChI=1S/C10H21NO5/c1-6(2)11(15-3)10-8(14)4-7(13)9(5-12)16-10/h6-10,12-14H,4-5H2,1-3H3/t7-,8?,9?,10+/m0/s1. The van der Waals surface area contributed by atoms with Crippen LogP contribution in [0, 0.1) is 0 Å². The van der Waals surface area contributed by atoms with E-state index in [0.29, 0.717) is 0 Å². The predicted molar refractivity (Wildman–Crippen MR) is 56.4 cm³/mol. The summed E-state index contributed by atoms with van der Waals surface area (Å²) in [5, 5.41) is 29.9. The summed E-state index contributed by atoms with van der Waals surface area (Å²) in [7, 11) is 1.50. The third-order valence-electron chi connectivity index (χ3n) is 2.71. The van der Waals surface area contributed by atoms with Crippen LogP contribution in [0.1, 0.15) is 20.3 Å². The van der Waals surface area contributed by atoms with Gasteiger partial charge >= 0.3 is 0 Å². The Kier molecular flexibility index (Phi) is 5.10. The maximum absolute atomic E-state index is 9.81. The van der Waals surface area contributed by atoms with E-state index in [2.05, 4.69) is 0 Å². The molecule has 1 rings (SSSR count). The van der Waals surface area contributed by atoms with Crippen LogP contribution >= 0.6 is 0 Å². The number of rotatable bonds is 4. The van der Waals surface area contributed by atoms with Crippen molar-refractivity contribution < 1.29 is 24.9 Å². The second-order valence-corrected chi connectivity index (χ2v) is 4.25. The minimum absolute atomic E-state index is 0.0271. The molecule has 1 heterocycles. The SMILES string of the molecule is CON(C(C)C)[C@@H]1OC(CO)[C@@H](O)CC1O. The van der Waals surface area contributed by atoms with Crippen molar-refractivity contribution in [1.29, 1.82) is 0 Å². The minimum atomic E-state index is -0.845. The second-order valence-electron chi connectivity index (χ2n) is 4.25. The smallest absolute Gasteiger partial charge is 0.159 e. The molecule has 1 aliphatic rings. The van der Waals surface area contributed by atoms with Gasteiger partial charge in [0, 0.05) is 12.5 Å². The number of ether oxygens (including phenoxy) is 1. The summed E-state index contributed by atoms with van der Waals surface area (Å²) in [6, 6.07) is 0.0271. The lowest BCUT2D eigenvalue weighted by molar-refractivity contribution is -0.317. The molecule has 0 spiro atoms. The molecule has 0 aromatic rings. The third-order valence-corrected chi connectivity index (χ3v) is 2.71. The van der Waals surface area contributed by atoms with Crippen LogP contribution < -0.4 is 0 Å². The van der Waals surface area contributed by atoms with Crippen molar-refractivity contribution in [2.24, 2.45) is 0 Å². The third kappa shape index (κ3) is 2.91. The number of aliphatic hydroxyl groups is 3. The van der Waals surface area contributed by atoms with Gasteiger partial charge in [0.15, 0.2) is 6.23 Å². The summed E-state index contributed by atoms with van der Waals surface area (Å²) in [6.07, 6.45) is -2.85. The van der Waals surface area contributed by atoms with E-state index in [9.17, 15) is 10.2 Å². The molecular formula is C10H21NO5. The van der Waals surface area contributed by atoms with E-state index in [1.54, 1.807) is 0 Å². The Hall–Kier alpha value is -0.240. The zero-order valence-electron chi connectivity index (χ0n) is 9.91. The van der Waals surface area contributed by atoms with E-state index in [-0.39, 0.29) is 19.1 Å². The van der Waals surface area contributed by atoms with Gasteiger partial charge in [-0.2, -0.15) is 5.06 Å². The van der Waals surface area contributed by atoms with E-state index in [1.807, 2.05) is 13.8 Å². The summed E-state index contributed by atoms with van der Waals surface area (Å²) in [5.41, 5.74) is 0. The maximum Gasteiger partial charge on any atom is 0.159 e. The van der Waals surface area contributed by atoms with Crippen molar-refractivity contribution in [1.82, 2.24) is 5.06 Å². The van der Waals surface area contributed by atoms with Gasteiger partial charge < -0.3 is 20.1 Å². The van der Waals surface area contributed by atoms with Gasteiger partial charge in [0.05, 0.1) is 25.9 Å². The van der Waals surface area contributed by atoms with Crippen LogP contribution in [0.3, 0.4) is 0 Å². The first-order valence-electron chi connectivity index (χ1n) is 5.46. The fourth-order valence-corrected chi connectivity index (χ4v) is 1.88. The molecule has 0 bridgehead atoms. The van der Waals surface area contributed by atoms with Crippen LogP contribution in [0.25, 0.3) is 0 Å². The van der Waals surface area contributed by atoms with Crippen LogP contribution in [0.15, 0.2) is 0 Å². The lowest BCUT2D eigenvalue weighted by Gasteiger charge is -2.42. The van der Waals surface area contributed by atoms with Gasteiger partial charge in [0.25, 0.3) is 0 Å². The Morgan fingerprint density at radius 1 is 1.38 bits per heavy atom. The molecular weight excluding hydrogens is 214 g/mol. The van der Waals surface area contributed by atoms with E-state index in [1.165, 1.54) is 12.2 Å². The normalized spacial score (nSPS) is 36.0. The summed E-state index contributed by atoms with van der Waals surface area (Å²) in [6.45, 7) is 3.52. The van der Waals surface area contributed by atoms with Gasteiger partial charge in [-0.1, -0.05) is 0 Å². The van der Waals surface area contributed by atoms with Gasteiger partial charge in [-0.05, 0) is 13.8 Å². The summed E-state index contributed by atoms with van der Waals surface area (Å²) < 4.78 is 5.43. The Labute approximate surface area is 95.3 Å². The molecule has 96 valence electrons. The molecule has 0 amide bonds. The van der Waals surface area contributed by atoms with E-state index in [0.717, 1.165) is 0 Å². The van der Waals surface area contributed by atoms with Crippen LogP contribution in [0.2, 0.25) is 0 Å². The van der Waals surface area contributed by atoms with E-state index < -0.39 is 24.5 Å². The molecule has 0 aromatic carbocycles. The van der Waals surface area contributed by atoms with Gasteiger partial charge in [-0.15, -0.1) is 0 Å². The number of hydrogen-bond acceptors (Lipinski definition) is 6. The number of nitrogens with zero attached hydrogens (tertiary/aromatic N) is 1. The highest BCUT2D eigenvalue weighted by Gasteiger charge is 2.40. The number of aliphatic hydroxyl groups excluding tert-OH is 3. The molecule has 0 radical (unpaired) electrons. The van der Waals surface area contributed by atoms with Gasteiger partial charge in [0.1, 0.15) is 6.10 Å². The zero-order chi connectivity index (χ0) is 12.3. The fraction of sp³-hybridized carbons (Fsp3) is 1.00. The maximum atomic E-state index is 9.81. The lowest BCUT2D eigenvalue weighted by atomic mass is 10.0. The van der Waals surface area contributed by atoms with Crippen LogP contribution in [0.4, 0.5) is 0 Å². The summed E-state index contributed by atoms with van der Waals surface area (Å²) >= 11 is 0.